The van der Waals surface area contributed by atoms with Gasteiger partial charge < -0.3 is 4.74 Å². The molecule has 0 aliphatic carbocycles. The van der Waals surface area contributed by atoms with Gasteiger partial charge in [0.05, 0.1) is 36.0 Å². The second kappa shape index (κ2) is 7.64. The van der Waals surface area contributed by atoms with Crippen LogP contribution in [0.15, 0.2) is 30.9 Å². The van der Waals surface area contributed by atoms with Crippen molar-refractivity contribution in [3.8, 4) is 0 Å². The smallest absolute Gasteiger partial charge is 0.348 e. The van der Waals surface area contributed by atoms with Crippen LogP contribution in [0.4, 0.5) is 13.2 Å². The number of ether oxygens (including phenoxy) is 1. The fourth-order valence-corrected chi connectivity index (χ4v) is 2.62. The molecule has 0 aliphatic heterocycles. The zero-order valence-corrected chi connectivity index (χ0v) is 12.9. The van der Waals surface area contributed by atoms with Gasteiger partial charge in [-0.3, -0.25) is 14.8 Å². The van der Waals surface area contributed by atoms with Gasteiger partial charge in [-0.15, -0.1) is 11.3 Å². The fraction of sp³-hybridized carbons (Fsp3) is 0.0667. The average Bonchev–Trinajstić information content (AvgIpc) is 3.01. The molecule has 0 atom stereocenters. The Kier molecular flexibility index (Phi) is 5.59. The topological polar surface area (TPSA) is 69.2 Å². The van der Waals surface area contributed by atoms with Crippen LogP contribution in [0.2, 0.25) is 0 Å². The van der Waals surface area contributed by atoms with Gasteiger partial charge in [0, 0.05) is 11.6 Å². The molecule has 0 aromatic carbocycles. The van der Waals surface area contributed by atoms with Crippen LogP contribution in [0.3, 0.4) is 0 Å². The largest absolute Gasteiger partial charge is 0.465 e. The Morgan fingerprint density at radius 2 is 1.67 bits per heavy atom. The molecule has 124 valence electrons. The van der Waals surface area contributed by atoms with Gasteiger partial charge >= 0.3 is 5.97 Å². The third-order valence-corrected chi connectivity index (χ3v) is 3.84. The number of hydrogen-bond acceptors (Lipinski definition) is 6. The van der Waals surface area contributed by atoms with Gasteiger partial charge in [0.15, 0.2) is 17.9 Å². The fourth-order valence-electron chi connectivity index (χ4n) is 1.66. The number of pyridine rings is 2. The monoisotopic (exact) mass is 354 g/mol. The first-order valence-corrected chi connectivity index (χ1v) is 7.15. The summed E-state index contributed by atoms with van der Waals surface area (Å²) in [5, 5.41) is 0.408. The lowest BCUT2D eigenvalue weighted by Gasteiger charge is -1.92. The van der Waals surface area contributed by atoms with Crippen molar-refractivity contribution in [3.63, 3.8) is 0 Å². The van der Waals surface area contributed by atoms with Crippen molar-refractivity contribution in [3.05, 3.63) is 58.7 Å². The summed E-state index contributed by atoms with van der Waals surface area (Å²) in [6, 6.07) is 1.48. The van der Waals surface area contributed by atoms with E-state index in [0.717, 1.165) is 18.6 Å². The van der Waals surface area contributed by atoms with Gasteiger partial charge in [0.2, 0.25) is 0 Å². The number of aromatic nitrogens is 2. The van der Waals surface area contributed by atoms with Crippen LogP contribution < -0.4 is 0 Å². The molecule has 0 N–H and O–H groups in total. The van der Waals surface area contributed by atoms with Gasteiger partial charge in [-0.2, -0.15) is 0 Å². The molecule has 3 aromatic rings. The van der Waals surface area contributed by atoms with Crippen molar-refractivity contribution < 1.29 is 27.5 Å². The summed E-state index contributed by atoms with van der Waals surface area (Å²) in [6.07, 6.45) is 4.33. The predicted octanol–water partition coefficient (Wildman–Crippen LogP) is 3.39. The van der Waals surface area contributed by atoms with Gasteiger partial charge in [-0.25, -0.2) is 18.0 Å². The quantitative estimate of drug-likeness (QED) is 0.521. The lowest BCUT2D eigenvalue weighted by molar-refractivity contribution is 0.0606. The van der Waals surface area contributed by atoms with Gasteiger partial charge in [-0.05, 0) is 6.07 Å². The van der Waals surface area contributed by atoms with E-state index in [9.17, 15) is 22.8 Å². The highest BCUT2D eigenvalue weighted by Crippen LogP contribution is 2.26. The number of fused-ring (bicyclic) bond motifs is 1. The van der Waals surface area contributed by atoms with Crippen molar-refractivity contribution in [2.45, 2.75) is 0 Å². The summed E-state index contributed by atoms with van der Waals surface area (Å²) < 4.78 is 43.0. The first-order chi connectivity index (χ1) is 11.5. The van der Waals surface area contributed by atoms with Crippen molar-refractivity contribution >= 4 is 33.7 Å². The van der Waals surface area contributed by atoms with Gasteiger partial charge in [0.25, 0.3) is 0 Å². The summed E-state index contributed by atoms with van der Waals surface area (Å²) in [6.45, 7) is 0. The molecule has 5 nitrogen and oxygen atoms in total. The molecule has 0 bridgehead atoms. The van der Waals surface area contributed by atoms with Crippen LogP contribution in [0.1, 0.15) is 20.0 Å². The number of nitrogens with zero attached hydrogens (tertiary/aromatic N) is 2. The van der Waals surface area contributed by atoms with E-state index >= 15 is 0 Å². The van der Waals surface area contributed by atoms with E-state index in [2.05, 4.69) is 14.7 Å². The second-order valence-corrected chi connectivity index (χ2v) is 5.35. The normalized spacial score (nSPS) is 10.0. The van der Waals surface area contributed by atoms with E-state index in [0.29, 0.717) is 15.0 Å². The zero-order chi connectivity index (χ0) is 17.7. The van der Waals surface area contributed by atoms with E-state index in [-0.39, 0.29) is 6.29 Å². The molecule has 0 saturated carbocycles. The van der Waals surface area contributed by atoms with Gasteiger partial charge in [-0.1, -0.05) is 0 Å². The molecule has 0 spiro atoms. The Balaban J connectivity index is 0.000000185. The number of esters is 1. The van der Waals surface area contributed by atoms with Gasteiger partial charge in [0.1, 0.15) is 10.7 Å². The lowest BCUT2D eigenvalue weighted by atomic mass is 10.3. The number of hydrogen-bond donors (Lipinski definition) is 0. The first-order valence-electron chi connectivity index (χ1n) is 6.33. The summed E-state index contributed by atoms with van der Waals surface area (Å²) in [5.74, 6) is -2.75. The maximum atomic E-state index is 13.2. The van der Waals surface area contributed by atoms with Crippen molar-refractivity contribution in [2.75, 3.05) is 7.11 Å². The molecular weight excluding hydrogens is 345 g/mol. The second-order valence-electron chi connectivity index (χ2n) is 4.27. The van der Waals surface area contributed by atoms with Crippen LogP contribution in [0.25, 0.3) is 10.1 Å². The summed E-state index contributed by atoms with van der Waals surface area (Å²) in [4.78, 5) is 28.3. The van der Waals surface area contributed by atoms with Crippen LogP contribution in [0, 0.1) is 17.5 Å². The van der Waals surface area contributed by atoms with Crippen molar-refractivity contribution in [1.82, 2.24) is 9.97 Å². The molecule has 0 unspecified atom stereocenters. The molecule has 9 heteroatoms. The highest BCUT2D eigenvalue weighted by molar-refractivity contribution is 7.20. The molecular formula is C15H9F3N2O3S. The van der Waals surface area contributed by atoms with Crippen LogP contribution in [-0.2, 0) is 4.74 Å². The van der Waals surface area contributed by atoms with Crippen LogP contribution in [0.5, 0.6) is 0 Å². The number of carbonyl (C=O) groups is 2. The van der Waals surface area contributed by atoms with E-state index in [1.54, 1.807) is 0 Å². The molecule has 0 amide bonds. The zero-order valence-electron chi connectivity index (χ0n) is 12.1. The van der Waals surface area contributed by atoms with E-state index in [4.69, 9.17) is 0 Å². The molecule has 3 aromatic heterocycles. The molecule has 0 aliphatic rings. The van der Waals surface area contributed by atoms with Crippen molar-refractivity contribution in [1.29, 1.82) is 0 Å². The van der Waals surface area contributed by atoms with Crippen molar-refractivity contribution in [2.24, 2.45) is 0 Å². The highest BCUT2D eigenvalue weighted by atomic mass is 32.1. The minimum Gasteiger partial charge on any atom is -0.465 e. The number of rotatable bonds is 2. The Bertz CT molecular complexity index is 879. The Labute approximate surface area is 137 Å². The highest BCUT2D eigenvalue weighted by Gasteiger charge is 2.12. The number of aldehydes is 1. The van der Waals surface area contributed by atoms with E-state index in [1.165, 1.54) is 30.7 Å². The summed E-state index contributed by atoms with van der Waals surface area (Å²) in [5.41, 5.74) is -0.574. The summed E-state index contributed by atoms with van der Waals surface area (Å²) >= 11 is 1.17. The maximum Gasteiger partial charge on any atom is 0.348 e. The van der Waals surface area contributed by atoms with E-state index in [1.807, 2.05) is 0 Å². The summed E-state index contributed by atoms with van der Waals surface area (Å²) in [7, 11) is 1.29. The SMILES string of the molecule is COC(=O)c1cc2c(F)cncc2s1.O=Cc1c(F)cncc1F. The standard InChI is InChI=1S/C9H6FNO2S.C6H3F2NO/c1-13-9(12)7-2-5-6(10)3-11-4-8(5)14-7;7-5-1-9-2-6(8)4(5)3-10/h2-4H,1H3;1-3H. The maximum absolute atomic E-state index is 13.2. The Morgan fingerprint density at radius 1 is 1.08 bits per heavy atom. The number of halogens is 3. The first kappa shape index (κ1) is 17.5. The number of carbonyl (C=O) groups excluding carboxylic acids is 2. The van der Waals surface area contributed by atoms with Crippen LogP contribution in [-0.4, -0.2) is 29.3 Å². The number of methoxy groups -OCH3 is 1. The number of thiophene rings is 1. The lowest BCUT2D eigenvalue weighted by Crippen LogP contribution is -1.96. The molecule has 0 radical (unpaired) electrons. The predicted molar refractivity (Wildman–Crippen MR) is 80.5 cm³/mol. The molecule has 3 heterocycles. The van der Waals surface area contributed by atoms with Crippen LogP contribution >= 0.6 is 11.3 Å². The minimum absolute atomic E-state index is 0.117. The molecule has 24 heavy (non-hydrogen) atoms. The third-order valence-electron chi connectivity index (χ3n) is 2.79. The minimum atomic E-state index is -0.935. The molecule has 3 rings (SSSR count). The Morgan fingerprint density at radius 3 is 2.17 bits per heavy atom. The molecule has 0 saturated heterocycles. The third kappa shape index (κ3) is 3.74. The molecule has 0 fully saturated rings. The Hall–Kier alpha value is -2.81. The van der Waals surface area contributed by atoms with E-state index < -0.39 is 29.0 Å². The average molecular weight is 354 g/mol.